The molecule has 0 fully saturated rings. The molecule has 2 aromatic heterocycles. The Morgan fingerprint density at radius 2 is 1.83 bits per heavy atom. The molecule has 0 radical (unpaired) electrons. The van der Waals surface area contributed by atoms with Crippen molar-refractivity contribution < 1.29 is 4.21 Å². The average molecular weight is 411 g/mol. The van der Waals surface area contributed by atoms with Gasteiger partial charge in [0, 0.05) is 24.0 Å². The average Bonchev–Trinajstić information content (AvgIpc) is 3.46. The largest absolute Gasteiger partial charge is 0.325 e. The second-order valence-electron chi connectivity index (χ2n) is 7.45. The van der Waals surface area contributed by atoms with Gasteiger partial charge in [-0.15, -0.1) is 5.10 Å². The van der Waals surface area contributed by atoms with Crippen LogP contribution in [0.15, 0.2) is 34.2 Å². The summed E-state index contributed by atoms with van der Waals surface area (Å²) in [4.78, 5) is 18.4. The lowest BCUT2D eigenvalue weighted by molar-refractivity contribution is 0.663. The smallest absolute Gasteiger partial charge is 0.248 e. The van der Waals surface area contributed by atoms with Crippen LogP contribution in [0.5, 0.6) is 0 Å². The van der Waals surface area contributed by atoms with Crippen molar-refractivity contribution in [2.45, 2.75) is 50.2 Å². The fraction of sp³-hybridized carbons (Fsp3) is 0.350. The predicted octanol–water partition coefficient (Wildman–Crippen LogP) is 2.03. The van der Waals surface area contributed by atoms with Gasteiger partial charge in [-0.05, 0) is 66.8 Å². The van der Waals surface area contributed by atoms with Gasteiger partial charge in [-0.25, -0.2) is 14.0 Å². The van der Waals surface area contributed by atoms with Crippen LogP contribution in [0.25, 0.3) is 0 Å². The minimum absolute atomic E-state index is 0.191. The Morgan fingerprint density at radius 3 is 2.55 bits per heavy atom. The van der Waals surface area contributed by atoms with Crippen LogP contribution in [0.3, 0.4) is 0 Å². The van der Waals surface area contributed by atoms with Crippen LogP contribution in [0, 0.1) is 0 Å². The lowest BCUT2D eigenvalue weighted by atomic mass is 9.99. The highest BCUT2D eigenvalue weighted by atomic mass is 32.2. The van der Waals surface area contributed by atoms with Gasteiger partial charge >= 0.3 is 0 Å². The Bertz CT molecular complexity index is 1120. The molecule has 3 aromatic rings. The molecule has 2 heterocycles. The summed E-state index contributed by atoms with van der Waals surface area (Å²) in [6.45, 7) is 0.256. The molecule has 0 spiro atoms. The maximum absolute atomic E-state index is 12.5. The van der Waals surface area contributed by atoms with Crippen molar-refractivity contribution in [1.82, 2.24) is 24.9 Å². The van der Waals surface area contributed by atoms with E-state index in [-0.39, 0.29) is 17.3 Å². The van der Waals surface area contributed by atoms with E-state index in [1.807, 2.05) is 0 Å². The number of nitrogens with one attached hydrogen (secondary N) is 4. The highest BCUT2D eigenvalue weighted by Gasteiger charge is 2.25. The van der Waals surface area contributed by atoms with Crippen molar-refractivity contribution in [3.05, 3.63) is 62.6 Å². The van der Waals surface area contributed by atoms with E-state index < -0.39 is 11.0 Å². The number of nitrogens with zero attached hydrogens (tertiary/aromatic N) is 2. The summed E-state index contributed by atoms with van der Waals surface area (Å²) in [5, 5.41) is 10.6. The second-order valence-corrected chi connectivity index (χ2v) is 8.67. The van der Waals surface area contributed by atoms with Crippen molar-refractivity contribution in [3.63, 3.8) is 0 Å². The summed E-state index contributed by atoms with van der Waals surface area (Å²) in [6, 6.07) is 7.24. The van der Waals surface area contributed by atoms with E-state index in [0.717, 1.165) is 31.4 Å². The number of pyridine rings is 1. The van der Waals surface area contributed by atoms with Crippen LogP contribution in [0.2, 0.25) is 0 Å². The molecule has 2 aliphatic carbocycles. The zero-order valence-electron chi connectivity index (χ0n) is 15.9. The highest BCUT2D eigenvalue weighted by Crippen LogP contribution is 2.39. The Morgan fingerprint density at radius 1 is 1.07 bits per heavy atom. The molecule has 9 heteroatoms. The van der Waals surface area contributed by atoms with Crippen molar-refractivity contribution in [3.8, 4) is 0 Å². The highest BCUT2D eigenvalue weighted by molar-refractivity contribution is 7.82. The van der Waals surface area contributed by atoms with E-state index in [1.54, 1.807) is 12.1 Å². The Labute approximate surface area is 170 Å². The van der Waals surface area contributed by atoms with Crippen LogP contribution in [0.4, 0.5) is 11.6 Å². The lowest BCUT2D eigenvalue weighted by Gasteiger charge is -2.15. The van der Waals surface area contributed by atoms with Gasteiger partial charge in [-0.2, -0.15) is 4.98 Å². The third-order valence-electron chi connectivity index (χ3n) is 5.57. The third-order valence-corrected chi connectivity index (χ3v) is 6.51. The molecule has 8 nitrogen and oxygen atoms in total. The third kappa shape index (κ3) is 3.63. The quantitative estimate of drug-likeness (QED) is 0.496. The van der Waals surface area contributed by atoms with Crippen molar-refractivity contribution in [1.29, 1.82) is 0 Å². The van der Waals surface area contributed by atoms with Gasteiger partial charge in [0.15, 0.2) is 11.0 Å². The van der Waals surface area contributed by atoms with Gasteiger partial charge < -0.3 is 10.3 Å². The minimum Gasteiger partial charge on any atom is -0.325 e. The topological polar surface area (TPSA) is 116 Å². The molecule has 0 saturated heterocycles. The van der Waals surface area contributed by atoms with Gasteiger partial charge in [-0.1, -0.05) is 12.1 Å². The van der Waals surface area contributed by atoms with Crippen LogP contribution in [0.1, 0.15) is 40.8 Å². The number of H-pyrrole nitrogens is 2. The summed E-state index contributed by atoms with van der Waals surface area (Å²) >= 11 is 0. The number of hydrogen-bond donors (Lipinski definition) is 4. The van der Waals surface area contributed by atoms with Crippen molar-refractivity contribution in [2.75, 3.05) is 5.32 Å². The number of aromatic amines is 2. The van der Waals surface area contributed by atoms with E-state index in [2.05, 4.69) is 36.3 Å². The molecule has 29 heavy (non-hydrogen) atoms. The van der Waals surface area contributed by atoms with E-state index in [4.69, 9.17) is 0 Å². The molecule has 4 N–H and O–H groups in total. The van der Waals surface area contributed by atoms with Crippen LogP contribution >= 0.6 is 0 Å². The zero-order chi connectivity index (χ0) is 19.8. The van der Waals surface area contributed by atoms with Crippen LogP contribution in [-0.2, 0) is 43.2 Å². The molecule has 1 atom stereocenters. The van der Waals surface area contributed by atoms with Crippen molar-refractivity contribution in [2.24, 2.45) is 0 Å². The molecule has 0 bridgehead atoms. The molecule has 0 saturated carbocycles. The summed E-state index contributed by atoms with van der Waals surface area (Å²) in [5.41, 5.74) is 7.24. The maximum Gasteiger partial charge on any atom is 0.248 e. The first-order chi connectivity index (χ1) is 14.2. The molecule has 150 valence electrons. The minimum atomic E-state index is -1.57. The molecule has 1 aromatic carbocycles. The molecule has 5 rings (SSSR count). The summed E-state index contributed by atoms with van der Waals surface area (Å²) in [5.74, 6) is 0.428. The molecule has 2 aliphatic rings. The van der Waals surface area contributed by atoms with Gasteiger partial charge in [0.05, 0.1) is 0 Å². The molecular weight excluding hydrogens is 388 g/mol. The zero-order valence-corrected chi connectivity index (χ0v) is 16.7. The Hall–Kier alpha value is -2.78. The lowest BCUT2D eigenvalue weighted by Crippen LogP contribution is -2.20. The first kappa shape index (κ1) is 18.3. The number of aromatic nitrogens is 4. The van der Waals surface area contributed by atoms with E-state index >= 15 is 0 Å². The number of anilines is 2. The molecule has 0 amide bonds. The summed E-state index contributed by atoms with van der Waals surface area (Å²) in [7, 11) is -1.57. The van der Waals surface area contributed by atoms with E-state index in [9.17, 15) is 9.00 Å². The fourth-order valence-electron chi connectivity index (χ4n) is 4.27. The second kappa shape index (κ2) is 7.57. The SMILES string of the molecule is O=c1cccc(CNS(=O)c2nc(Nc3c4c(cc5c3CCC5)CCC4)n[nH]2)[nH]1. The van der Waals surface area contributed by atoms with Gasteiger partial charge in [-0.3, -0.25) is 4.79 Å². The van der Waals surface area contributed by atoms with Gasteiger partial charge in [0.2, 0.25) is 16.7 Å². The monoisotopic (exact) mass is 410 g/mol. The van der Waals surface area contributed by atoms with Crippen LogP contribution in [-0.4, -0.2) is 24.4 Å². The number of fused-ring (bicyclic) bond motifs is 2. The molecular formula is C20H22N6O2S. The molecule has 1 unspecified atom stereocenters. The van der Waals surface area contributed by atoms with Gasteiger partial charge in [0.25, 0.3) is 0 Å². The first-order valence-electron chi connectivity index (χ1n) is 9.87. The van der Waals surface area contributed by atoms with Crippen LogP contribution < -0.4 is 15.6 Å². The number of benzene rings is 1. The first-order valence-corrected chi connectivity index (χ1v) is 11.0. The van der Waals surface area contributed by atoms with Gasteiger partial charge in [0.1, 0.15) is 0 Å². The predicted molar refractivity (Wildman–Crippen MR) is 110 cm³/mol. The summed E-state index contributed by atoms with van der Waals surface area (Å²) < 4.78 is 15.3. The number of aryl methyl sites for hydroxylation is 2. The molecule has 0 aliphatic heterocycles. The Kier molecular flexibility index (Phi) is 4.76. The maximum atomic E-state index is 12.5. The fourth-order valence-corrected chi connectivity index (χ4v) is 4.99. The summed E-state index contributed by atoms with van der Waals surface area (Å²) in [6.07, 6.45) is 6.78. The standard InChI is InChI=1S/C20H22N6O2S/c27-17-9-3-6-14(22-17)11-21-29(28)20-24-19(25-26-20)23-18-15-7-1-4-12(15)10-13-5-2-8-16(13)18/h3,6,9-10,21H,1-2,4-5,7-8,11H2,(H,22,27)(H2,23,24,25,26). The number of rotatable bonds is 6. The normalized spacial score (nSPS) is 15.9. The van der Waals surface area contributed by atoms with Crippen molar-refractivity contribution >= 4 is 22.6 Å². The van der Waals surface area contributed by atoms with E-state index in [0.29, 0.717) is 11.6 Å². The number of hydrogen-bond acceptors (Lipinski definition) is 5. The van der Waals surface area contributed by atoms with E-state index in [1.165, 1.54) is 41.2 Å². The Balaban J connectivity index is 1.32.